The van der Waals surface area contributed by atoms with E-state index in [2.05, 4.69) is 4.98 Å². The molecule has 1 amide bonds. The van der Waals surface area contributed by atoms with Gasteiger partial charge < -0.3 is 14.7 Å². The highest BCUT2D eigenvalue weighted by Crippen LogP contribution is 2.14. The van der Waals surface area contributed by atoms with Gasteiger partial charge in [-0.05, 0) is 17.7 Å². The van der Waals surface area contributed by atoms with E-state index in [1.807, 2.05) is 30.3 Å². The summed E-state index contributed by atoms with van der Waals surface area (Å²) in [5, 5.41) is 8.86. The molecule has 0 spiro atoms. The number of hydrogen-bond acceptors (Lipinski definition) is 4. The molecule has 3 rings (SSSR count). The van der Waals surface area contributed by atoms with Crippen LogP contribution in [0.2, 0.25) is 0 Å². The second kappa shape index (κ2) is 7.23. The highest BCUT2D eigenvalue weighted by atomic mass is 16.5. The van der Waals surface area contributed by atoms with Crippen LogP contribution in [0.1, 0.15) is 26.4 Å². The quantitative estimate of drug-likeness (QED) is 0.928. The van der Waals surface area contributed by atoms with E-state index in [1.54, 1.807) is 4.90 Å². The molecule has 0 aliphatic carbocycles. The molecule has 1 atom stereocenters. The number of benzene rings is 1. The molecule has 0 saturated carbocycles. The predicted molar refractivity (Wildman–Crippen MR) is 87.0 cm³/mol. The maximum atomic E-state index is 12.6. The fraction of sp³-hybridized carbons (Fsp3) is 0.278. The van der Waals surface area contributed by atoms with Crippen molar-refractivity contribution in [1.29, 1.82) is 0 Å². The largest absolute Gasteiger partial charge is 0.477 e. The summed E-state index contributed by atoms with van der Waals surface area (Å²) < 4.78 is 5.76. The van der Waals surface area contributed by atoms with Gasteiger partial charge in [-0.3, -0.25) is 4.79 Å². The van der Waals surface area contributed by atoms with Gasteiger partial charge in [0.2, 0.25) is 0 Å². The van der Waals surface area contributed by atoms with Gasteiger partial charge in [0.05, 0.1) is 18.3 Å². The van der Waals surface area contributed by atoms with Gasteiger partial charge in [-0.2, -0.15) is 0 Å². The minimum absolute atomic E-state index is 0.0450. The number of morpholine rings is 1. The number of pyridine rings is 1. The zero-order chi connectivity index (χ0) is 16.9. The Morgan fingerprint density at radius 2 is 2.00 bits per heavy atom. The van der Waals surface area contributed by atoms with Gasteiger partial charge in [-0.1, -0.05) is 30.3 Å². The summed E-state index contributed by atoms with van der Waals surface area (Å²) in [4.78, 5) is 28.9. The molecule has 2 heterocycles. The Labute approximate surface area is 139 Å². The molecule has 0 bridgehead atoms. The topological polar surface area (TPSA) is 79.7 Å². The molecular formula is C18H18N2O4. The van der Waals surface area contributed by atoms with Crippen LogP contribution in [0.4, 0.5) is 0 Å². The third kappa shape index (κ3) is 3.78. The number of hydrogen-bond donors (Lipinski definition) is 1. The molecule has 6 heteroatoms. The summed E-state index contributed by atoms with van der Waals surface area (Å²) in [6.45, 7) is 1.52. The highest BCUT2D eigenvalue weighted by Gasteiger charge is 2.25. The summed E-state index contributed by atoms with van der Waals surface area (Å²) >= 11 is 0. The fourth-order valence-corrected chi connectivity index (χ4v) is 2.73. The van der Waals surface area contributed by atoms with Crippen LogP contribution in [0.5, 0.6) is 0 Å². The van der Waals surface area contributed by atoms with Gasteiger partial charge >= 0.3 is 5.97 Å². The molecule has 1 unspecified atom stereocenters. The van der Waals surface area contributed by atoms with E-state index in [-0.39, 0.29) is 17.7 Å². The van der Waals surface area contributed by atoms with Gasteiger partial charge in [0.25, 0.3) is 5.91 Å². The van der Waals surface area contributed by atoms with E-state index in [4.69, 9.17) is 9.84 Å². The molecule has 1 N–H and O–H groups in total. The number of carbonyl (C=O) groups is 2. The fourth-order valence-electron chi connectivity index (χ4n) is 2.73. The molecule has 1 aliphatic rings. The molecule has 1 fully saturated rings. The molecule has 1 aromatic heterocycles. The average Bonchev–Trinajstić information content (AvgIpc) is 2.62. The number of rotatable bonds is 4. The number of aromatic nitrogens is 1. The molecule has 24 heavy (non-hydrogen) atoms. The van der Waals surface area contributed by atoms with Crippen molar-refractivity contribution in [3.05, 3.63) is 65.5 Å². The normalized spacial score (nSPS) is 17.5. The minimum Gasteiger partial charge on any atom is -0.477 e. The number of ether oxygens (including phenoxy) is 1. The first-order chi connectivity index (χ1) is 11.6. The molecule has 2 aromatic rings. The standard InChI is InChI=1S/C18H18N2O4/c21-17(14-6-7-16(18(22)23)19-11-14)20-8-9-24-15(12-20)10-13-4-2-1-3-5-13/h1-7,11,15H,8-10,12H2,(H,22,23). The van der Waals surface area contributed by atoms with Crippen LogP contribution >= 0.6 is 0 Å². The third-order valence-corrected chi connectivity index (χ3v) is 3.96. The van der Waals surface area contributed by atoms with E-state index < -0.39 is 5.97 Å². The monoisotopic (exact) mass is 326 g/mol. The van der Waals surface area contributed by atoms with Crippen molar-refractivity contribution in [3.8, 4) is 0 Å². The summed E-state index contributed by atoms with van der Waals surface area (Å²) in [6, 6.07) is 12.9. The second-order valence-corrected chi connectivity index (χ2v) is 5.67. The maximum absolute atomic E-state index is 12.6. The molecule has 1 aliphatic heterocycles. The van der Waals surface area contributed by atoms with Gasteiger partial charge in [-0.25, -0.2) is 9.78 Å². The minimum atomic E-state index is -1.11. The number of aromatic carboxylic acids is 1. The molecule has 6 nitrogen and oxygen atoms in total. The molecule has 0 radical (unpaired) electrons. The smallest absolute Gasteiger partial charge is 0.354 e. The first kappa shape index (κ1) is 16.1. The molecule has 1 saturated heterocycles. The van der Waals surface area contributed by atoms with Gasteiger partial charge in [-0.15, -0.1) is 0 Å². The lowest BCUT2D eigenvalue weighted by Gasteiger charge is -2.33. The Bertz CT molecular complexity index is 716. The van der Waals surface area contributed by atoms with E-state index in [9.17, 15) is 9.59 Å². The Kier molecular flexibility index (Phi) is 4.86. The average molecular weight is 326 g/mol. The number of carboxylic acids is 1. The van der Waals surface area contributed by atoms with Gasteiger partial charge in [0.15, 0.2) is 0 Å². The first-order valence-corrected chi connectivity index (χ1v) is 7.77. The van der Waals surface area contributed by atoms with Crippen LogP contribution in [0, 0.1) is 0 Å². The van der Waals surface area contributed by atoms with Crippen molar-refractivity contribution in [2.45, 2.75) is 12.5 Å². The Hall–Kier alpha value is -2.73. The van der Waals surface area contributed by atoms with Gasteiger partial charge in [0, 0.05) is 25.7 Å². The van der Waals surface area contributed by atoms with Crippen LogP contribution in [0.25, 0.3) is 0 Å². The summed E-state index contributed by atoms with van der Waals surface area (Å²) in [6.07, 6.45) is 2.02. The van der Waals surface area contributed by atoms with Crippen LogP contribution in [-0.4, -0.2) is 52.7 Å². The van der Waals surface area contributed by atoms with Crippen LogP contribution < -0.4 is 0 Å². The first-order valence-electron chi connectivity index (χ1n) is 7.77. The summed E-state index contributed by atoms with van der Waals surface area (Å²) in [7, 11) is 0. The number of amides is 1. The van der Waals surface area contributed by atoms with Crippen molar-refractivity contribution in [2.24, 2.45) is 0 Å². The molecule has 124 valence electrons. The number of nitrogens with zero attached hydrogens (tertiary/aromatic N) is 2. The van der Waals surface area contributed by atoms with Crippen molar-refractivity contribution in [3.63, 3.8) is 0 Å². The lowest BCUT2D eigenvalue weighted by atomic mass is 10.1. The van der Waals surface area contributed by atoms with Crippen LogP contribution in [0.15, 0.2) is 48.7 Å². The highest BCUT2D eigenvalue weighted by molar-refractivity contribution is 5.95. The van der Waals surface area contributed by atoms with Crippen molar-refractivity contribution < 1.29 is 19.4 Å². The number of carboxylic acid groups (broad SMARTS) is 1. The van der Waals surface area contributed by atoms with Crippen molar-refractivity contribution >= 4 is 11.9 Å². The van der Waals surface area contributed by atoms with E-state index in [0.29, 0.717) is 25.3 Å². The van der Waals surface area contributed by atoms with E-state index in [0.717, 1.165) is 6.42 Å². The lowest BCUT2D eigenvalue weighted by molar-refractivity contribution is -0.0208. The van der Waals surface area contributed by atoms with E-state index >= 15 is 0 Å². The number of carbonyl (C=O) groups excluding carboxylic acids is 1. The van der Waals surface area contributed by atoms with E-state index in [1.165, 1.54) is 23.9 Å². The molecule has 1 aromatic carbocycles. The van der Waals surface area contributed by atoms with Gasteiger partial charge in [0.1, 0.15) is 5.69 Å². The Morgan fingerprint density at radius 3 is 2.67 bits per heavy atom. The maximum Gasteiger partial charge on any atom is 0.354 e. The van der Waals surface area contributed by atoms with Crippen molar-refractivity contribution in [2.75, 3.05) is 19.7 Å². The zero-order valence-electron chi connectivity index (χ0n) is 13.1. The van der Waals surface area contributed by atoms with Crippen molar-refractivity contribution in [1.82, 2.24) is 9.88 Å². The van der Waals surface area contributed by atoms with Crippen LogP contribution in [-0.2, 0) is 11.2 Å². The summed E-state index contributed by atoms with van der Waals surface area (Å²) in [5.74, 6) is -1.26. The van der Waals surface area contributed by atoms with Crippen LogP contribution in [0.3, 0.4) is 0 Å². The SMILES string of the molecule is O=C(O)c1ccc(C(=O)N2CCOC(Cc3ccccc3)C2)cn1. The zero-order valence-corrected chi connectivity index (χ0v) is 13.1. The Morgan fingerprint density at radius 1 is 1.21 bits per heavy atom. The molecular weight excluding hydrogens is 308 g/mol. The second-order valence-electron chi connectivity index (χ2n) is 5.67. The predicted octanol–water partition coefficient (Wildman–Crippen LogP) is 1.86. The lowest BCUT2D eigenvalue weighted by Crippen LogP contribution is -2.46. The summed E-state index contributed by atoms with van der Waals surface area (Å²) in [5.41, 5.74) is 1.49. The Balaban J connectivity index is 1.65. The third-order valence-electron chi connectivity index (χ3n) is 3.96.